The van der Waals surface area contributed by atoms with E-state index in [1.54, 1.807) is 0 Å². The Bertz CT molecular complexity index is 572. The summed E-state index contributed by atoms with van der Waals surface area (Å²) in [6, 6.07) is 5.41. The van der Waals surface area contributed by atoms with Crippen LogP contribution in [0.25, 0.3) is 0 Å². The number of piperazine rings is 1. The van der Waals surface area contributed by atoms with E-state index in [0.29, 0.717) is 6.54 Å². The van der Waals surface area contributed by atoms with Crippen LogP contribution in [0, 0.1) is 11.3 Å². The molecule has 1 aliphatic rings. The van der Waals surface area contributed by atoms with Crippen molar-refractivity contribution >= 4 is 5.69 Å². The van der Waals surface area contributed by atoms with Crippen LogP contribution in [0.2, 0.25) is 0 Å². The van der Waals surface area contributed by atoms with Crippen LogP contribution in [0.4, 0.5) is 18.9 Å². The molecule has 0 radical (unpaired) electrons. The molecule has 1 N–H and O–H groups in total. The number of hydrogen-bond donors (Lipinski definition) is 1. The summed E-state index contributed by atoms with van der Waals surface area (Å²) < 4.78 is 39.2. The lowest BCUT2D eigenvalue weighted by Crippen LogP contribution is -2.49. The van der Waals surface area contributed by atoms with Gasteiger partial charge >= 0.3 is 6.18 Å². The number of halogens is 3. The lowest BCUT2D eigenvalue weighted by Gasteiger charge is -2.36. The van der Waals surface area contributed by atoms with E-state index in [9.17, 15) is 13.2 Å². The van der Waals surface area contributed by atoms with Crippen molar-refractivity contribution in [2.75, 3.05) is 45.1 Å². The number of hydrogen-bond acceptors (Lipinski definition) is 4. The van der Waals surface area contributed by atoms with Crippen molar-refractivity contribution in [3.05, 3.63) is 29.3 Å². The molecular formula is C16H21F3N4. The summed E-state index contributed by atoms with van der Waals surface area (Å²) in [5.74, 6) is 0. The van der Waals surface area contributed by atoms with Crippen LogP contribution in [0.3, 0.4) is 0 Å². The predicted octanol–water partition coefficient (Wildman–Crippen LogP) is 2.62. The molecule has 1 fully saturated rings. The molecule has 0 amide bonds. The van der Waals surface area contributed by atoms with Gasteiger partial charge in [-0.25, -0.2) is 0 Å². The number of nitriles is 1. The van der Waals surface area contributed by atoms with Crippen molar-refractivity contribution in [3.63, 3.8) is 0 Å². The van der Waals surface area contributed by atoms with Gasteiger partial charge in [-0.05, 0) is 32.2 Å². The first-order chi connectivity index (χ1) is 10.8. The molecule has 0 bridgehead atoms. The van der Waals surface area contributed by atoms with Crippen molar-refractivity contribution in [1.82, 2.24) is 9.80 Å². The largest absolute Gasteiger partial charge is 0.418 e. The average molecular weight is 326 g/mol. The molecular weight excluding hydrogens is 305 g/mol. The van der Waals surface area contributed by atoms with E-state index in [-0.39, 0.29) is 17.3 Å². The molecule has 1 aliphatic heterocycles. The molecule has 1 atom stereocenters. The van der Waals surface area contributed by atoms with Gasteiger partial charge in [0.1, 0.15) is 0 Å². The second-order valence-electron chi connectivity index (χ2n) is 5.94. The smallest absolute Gasteiger partial charge is 0.383 e. The zero-order valence-corrected chi connectivity index (χ0v) is 13.3. The summed E-state index contributed by atoms with van der Waals surface area (Å²) >= 11 is 0. The number of alkyl halides is 3. The van der Waals surface area contributed by atoms with E-state index in [4.69, 9.17) is 5.26 Å². The molecule has 23 heavy (non-hydrogen) atoms. The topological polar surface area (TPSA) is 42.3 Å². The van der Waals surface area contributed by atoms with Crippen molar-refractivity contribution < 1.29 is 13.2 Å². The third-order valence-electron chi connectivity index (χ3n) is 4.20. The molecule has 0 spiro atoms. The third-order valence-corrected chi connectivity index (χ3v) is 4.20. The van der Waals surface area contributed by atoms with Crippen molar-refractivity contribution in [3.8, 4) is 6.07 Å². The molecule has 1 saturated heterocycles. The number of benzene rings is 1. The second kappa shape index (κ2) is 7.20. The van der Waals surface area contributed by atoms with Crippen LogP contribution in [0.5, 0.6) is 0 Å². The van der Waals surface area contributed by atoms with Crippen molar-refractivity contribution in [2.24, 2.45) is 0 Å². The minimum Gasteiger partial charge on any atom is -0.383 e. The molecule has 2 rings (SSSR count). The number of nitrogens with one attached hydrogen (secondary N) is 1. The monoisotopic (exact) mass is 326 g/mol. The van der Waals surface area contributed by atoms with Gasteiger partial charge in [-0.2, -0.15) is 18.4 Å². The van der Waals surface area contributed by atoms with Gasteiger partial charge in [-0.15, -0.1) is 0 Å². The first-order valence-electron chi connectivity index (χ1n) is 7.59. The van der Waals surface area contributed by atoms with E-state index in [1.807, 2.05) is 13.0 Å². The van der Waals surface area contributed by atoms with Gasteiger partial charge in [0.15, 0.2) is 0 Å². The predicted molar refractivity (Wildman–Crippen MR) is 83.2 cm³/mol. The molecule has 0 saturated carbocycles. The summed E-state index contributed by atoms with van der Waals surface area (Å²) in [6.07, 6.45) is -4.44. The molecule has 1 aromatic carbocycles. The second-order valence-corrected chi connectivity index (χ2v) is 5.94. The molecule has 1 heterocycles. The highest BCUT2D eigenvalue weighted by Crippen LogP contribution is 2.35. The Kier molecular flexibility index (Phi) is 5.50. The number of rotatable bonds is 4. The van der Waals surface area contributed by atoms with Gasteiger partial charge in [0.2, 0.25) is 0 Å². The normalized spacial score (nSPS) is 18.4. The Labute approximate surface area is 134 Å². The average Bonchev–Trinajstić information content (AvgIpc) is 2.52. The van der Waals surface area contributed by atoms with Crippen molar-refractivity contribution in [1.29, 1.82) is 5.26 Å². The zero-order valence-electron chi connectivity index (χ0n) is 13.3. The Morgan fingerprint density at radius 3 is 2.48 bits per heavy atom. The van der Waals surface area contributed by atoms with Gasteiger partial charge in [0, 0.05) is 44.5 Å². The summed E-state index contributed by atoms with van der Waals surface area (Å²) in [5.41, 5.74) is -0.549. The SMILES string of the molecule is C[C@H](CNc1cc(C#N)ccc1C(F)(F)F)N1CCN(C)CC1. The lowest BCUT2D eigenvalue weighted by atomic mass is 10.1. The number of likely N-dealkylation sites (N-methyl/N-ethyl adjacent to an activating group) is 1. The van der Waals surface area contributed by atoms with Gasteiger partial charge in [0.25, 0.3) is 0 Å². The molecule has 7 heteroatoms. The van der Waals surface area contributed by atoms with Crippen molar-refractivity contribution in [2.45, 2.75) is 19.1 Å². The standard InChI is InChI=1S/C16H21F3N4/c1-12(23-7-5-22(2)6-8-23)11-21-15-9-13(10-20)3-4-14(15)16(17,18)19/h3-4,9,12,21H,5-8,11H2,1-2H3/t12-/m1/s1. The summed E-state index contributed by atoms with van der Waals surface area (Å²) in [7, 11) is 2.06. The van der Waals surface area contributed by atoms with Crippen LogP contribution in [-0.2, 0) is 6.18 Å². The number of nitrogens with zero attached hydrogens (tertiary/aromatic N) is 3. The van der Waals surface area contributed by atoms with E-state index in [0.717, 1.165) is 32.2 Å². The first kappa shape index (κ1) is 17.6. The summed E-state index contributed by atoms with van der Waals surface area (Å²) in [4.78, 5) is 4.49. The Morgan fingerprint density at radius 2 is 1.91 bits per heavy atom. The van der Waals surface area contributed by atoms with Gasteiger partial charge in [-0.1, -0.05) is 0 Å². The maximum atomic E-state index is 13.1. The minimum absolute atomic E-state index is 0.0301. The summed E-state index contributed by atoms with van der Waals surface area (Å²) in [5, 5.41) is 11.8. The van der Waals surface area contributed by atoms with Crippen LogP contribution in [0.1, 0.15) is 18.1 Å². The van der Waals surface area contributed by atoms with Gasteiger partial charge in [-0.3, -0.25) is 4.90 Å². The highest BCUT2D eigenvalue weighted by atomic mass is 19.4. The molecule has 126 valence electrons. The van der Waals surface area contributed by atoms with Crippen LogP contribution < -0.4 is 5.32 Å². The number of anilines is 1. The Hall–Kier alpha value is -1.78. The fourth-order valence-electron chi connectivity index (χ4n) is 2.66. The fraction of sp³-hybridized carbons (Fsp3) is 0.562. The maximum Gasteiger partial charge on any atom is 0.418 e. The zero-order chi connectivity index (χ0) is 17.0. The van der Waals surface area contributed by atoms with Crippen LogP contribution in [0.15, 0.2) is 18.2 Å². The van der Waals surface area contributed by atoms with Gasteiger partial charge in [0.05, 0.1) is 17.2 Å². The highest BCUT2D eigenvalue weighted by molar-refractivity contribution is 5.57. The van der Waals surface area contributed by atoms with E-state index in [1.165, 1.54) is 12.1 Å². The van der Waals surface area contributed by atoms with E-state index in [2.05, 4.69) is 22.2 Å². The quantitative estimate of drug-likeness (QED) is 0.924. The molecule has 0 aliphatic carbocycles. The Morgan fingerprint density at radius 1 is 1.26 bits per heavy atom. The fourth-order valence-corrected chi connectivity index (χ4v) is 2.66. The third kappa shape index (κ3) is 4.60. The molecule has 4 nitrogen and oxygen atoms in total. The molecule has 0 unspecified atom stereocenters. The van der Waals surface area contributed by atoms with E-state index < -0.39 is 11.7 Å². The van der Waals surface area contributed by atoms with E-state index >= 15 is 0 Å². The molecule has 1 aromatic rings. The maximum absolute atomic E-state index is 13.1. The van der Waals surface area contributed by atoms with Gasteiger partial charge < -0.3 is 10.2 Å². The molecule has 0 aromatic heterocycles. The first-order valence-corrected chi connectivity index (χ1v) is 7.59. The highest BCUT2D eigenvalue weighted by Gasteiger charge is 2.33. The van der Waals surface area contributed by atoms with Crippen LogP contribution in [-0.4, -0.2) is 55.6 Å². The summed E-state index contributed by atoms with van der Waals surface area (Å²) in [6.45, 7) is 6.14. The minimum atomic E-state index is -4.44. The Balaban J connectivity index is 2.05. The lowest BCUT2D eigenvalue weighted by molar-refractivity contribution is -0.137. The van der Waals surface area contributed by atoms with Crippen LogP contribution >= 0.6 is 0 Å².